The van der Waals surface area contributed by atoms with Crippen LogP contribution in [0.1, 0.15) is 34.8 Å². The van der Waals surface area contributed by atoms with Crippen molar-refractivity contribution in [3.63, 3.8) is 0 Å². The first-order chi connectivity index (χ1) is 15.5. The Bertz CT molecular complexity index is 965. The number of aliphatic hydroxyl groups is 1. The Morgan fingerprint density at radius 2 is 2.12 bits per heavy atom. The topological polar surface area (TPSA) is 106 Å². The fourth-order valence-corrected chi connectivity index (χ4v) is 4.35. The van der Waals surface area contributed by atoms with E-state index in [1.807, 2.05) is 24.3 Å². The van der Waals surface area contributed by atoms with E-state index >= 15 is 0 Å². The van der Waals surface area contributed by atoms with Gasteiger partial charge >= 0.3 is 0 Å². The molecule has 0 spiro atoms. The van der Waals surface area contributed by atoms with Gasteiger partial charge in [0.25, 0.3) is 5.91 Å². The highest BCUT2D eigenvalue weighted by atomic mass is 16.7. The van der Waals surface area contributed by atoms with E-state index in [-0.39, 0.29) is 19.4 Å². The van der Waals surface area contributed by atoms with Gasteiger partial charge in [0.05, 0.1) is 11.3 Å². The lowest BCUT2D eigenvalue weighted by Gasteiger charge is -2.22. The summed E-state index contributed by atoms with van der Waals surface area (Å²) in [5.74, 6) is 1.79. The van der Waals surface area contributed by atoms with Gasteiger partial charge in [0.1, 0.15) is 12.4 Å². The Morgan fingerprint density at radius 1 is 1.28 bits per heavy atom. The van der Waals surface area contributed by atoms with Gasteiger partial charge in [-0.1, -0.05) is 6.07 Å². The van der Waals surface area contributed by atoms with Crippen LogP contribution in [0.4, 0.5) is 5.69 Å². The van der Waals surface area contributed by atoms with Crippen LogP contribution in [-0.4, -0.2) is 56.7 Å². The molecule has 172 valence electrons. The Kier molecular flexibility index (Phi) is 7.02. The number of fused-ring (bicyclic) bond motifs is 2. The molecule has 0 aromatic heterocycles. The highest BCUT2D eigenvalue weighted by Crippen LogP contribution is 2.35. The van der Waals surface area contributed by atoms with Gasteiger partial charge in [0.2, 0.25) is 6.79 Å². The number of amides is 1. The van der Waals surface area contributed by atoms with E-state index in [9.17, 15) is 4.79 Å². The van der Waals surface area contributed by atoms with Crippen molar-refractivity contribution >= 4 is 11.6 Å². The summed E-state index contributed by atoms with van der Waals surface area (Å²) in [7, 11) is 0. The average molecular weight is 442 g/mol. The zero-order valence-corrected chi connectivity index (χ0v) is 18.4. The van der Waals surface area contributed by atoms with E-state index < -0.39 is 5.91 Å². The van der Waals surface area contributed by atoms with Gasteiger partial charge in [0.15, 0.2) is 11.5 Å². The first-order valence-corrected chi connectivity index (χ1v) is 11.1. The van der Waals surface area contributed by atoms with Gasteiger partial charge in [0, 0.05) is 38.3 Å². The first kappa shape index (κ1) is 22.2. The molecule has 0 aliphatic carbocycles. The summed E-state index contributed by atoms with van der Waals surface area (Å²) in [6.45, 7) is 5.30. The molecule has 2 aromatic carbocycles. The molecule has 8 nitrogen and oxygen atoms in total. The van der Waals surface area contributed by atoms with Gasteiger partial charge in [-0.2, -0.15) is 0 Å². The number of nitrogens with zero attached hydrogens (tertiary/aromatic N) is 1. The zero-order valence-electron chi connectivity index (χ0n) is 18.4. The van der Waals surface area contributed by atoms with Crippen LogP contribution in [0.5, 0.6) is 17.2 Å². The normalized spacial score (nSPS) is 15.0. The first-order valence-electron chi connectivity index (χ1n) is 11.1. The van der Waals surface area contributed by atoms with Crippen LogP contribution in [-0.2, 0) is 12.8 Å². The van der Waals surface area contributed by atoms with E-state index in [1.165, 1.54) is 0 Å². The van der Waals surface area contributed by atoms with Crippen molar-refractivity contribution in [1.82, 2.24) is 5.32 Å². The summed E-state index contributed by atoms with van der Waals surface area (Å²) < 4.78 is 16.5. The number of ether oxygens (including phenoxy) is 3. The number of hydrogen-bond donors (Lipinski definition) is 3. The molecule has 0 fully saturated rings. The Morgan fingerprint density at radius 3 is 2.94 bits per heavy atom. The summed E-state index contributed by atoms with van der Waals surface area (Å²) >= 11 is 0. The van der Waals surface area contributed by atoms with Crippen LogP contribution in [0, 0.1) is 0 Å². The third kappa shape index (κ3) is 5.08. The fraction of sp³-hybridized carbons (Fsp3) is 0.458. The second kappa shape index (κ2) is 10.1. The predicted molar refractivity (Wildman–Crippen MR) is 122 cm³/mol. The van der Waals surface area contributed by atoms with Crippen molar-refractivity contribution in [2.75, 3.05) is 44.5 Å². The third-order valence-electron chi connectivity index (χ3n) is 5.82. The molecule has 2 aliphatic heterocycles. The monoisotopic (exact) mass is 441 g/mol. The molecule has 0 saturated carbocycles. The quantitative estimate of drug-likeness (QED) is 0.457. The van der Waals surface area contributed by atoms with Gasteiger partial charge in [-0.05, 0) is 55.5 Å². The van der Waals surface area contributed by atoms with Crippen molar-refractivity contribution in [1.29, 1.82) is 0 Å². The molecule has 0 saturated heterocycles. The van der Waals surface area contributed by atoms with Crippen LogP contribution >= 0.6 is 0 Å². The van der Waals surface area contributed by atoms with Crippen molar-refractivity contribution < 1.29 is 24.1 Å². The predicted octanol–water partition coefficient (Wildman–Crippen LogP) is 1.86. The number of anilines is 1. The SMILES string of the molecule is C[C@H](Cc1cc2c(c(C(N)=O)c1)N(CCCO)CC2)NCCOc1ccc2c(c1)OCO2. The summed E-state index contributed by atoms with van der Waals surface area (Å²) in [6.07, 6.45) is 2.35. The molecule has 1 atom stereocenters. The van der Waals surface area contributed by atoms with Crippen molar-refractivity contribution in [2.45, 2.75) is 32.2 Å². The molecule has 0 unspecified atom stereocenters. The lowest BCUT2D eigenvalue weighted by atomic mass is 9.98. The number of carbonyl (C=O) groups is 1. The number of benzene rings is 2. The van der Waals surface area contributed by atoms with Gasteiger partial charge in [-0.25, -0.2) is 0 Å². The summed E-state index contributed by atoms with van der Waals surface area (Å²) in [4.78, 5) is 14.3. The highest BCUT2D eigenvalue weighted by molar-refractivity contribution is 6.00. The van der Waals surface area contributed by atoms with Crippen LogP contribution in [0.15, 0.2) is 30.3 Å². The number of nitrogens with two attached hydrogens (primary N) is 1. The highest BCUT2D eigenvalue weighted by Gasteiger charge is 2.25. The second-order valence-corrected chi connectivity index (χ2v) is 8.25. The minimum atomic E-state index is -0.406. The summed E-state index contributed by atoms with van der Waals surface area (Å²) in [6, 6.07) is 9.87. The summed E-state index contributed by atoms with van der Waals surface area (Å²) in [5, 5.41) is 12.6. The molecule has 1 amide bonds. The van der Waals surface area contributed by atoms with E-state index in [0.29, 0.717) is 30.9 Å². The molecule has 4 N–H and O–H groups in total. The number of aliphatic hydroxyl groups excluding tert-OH is 1. The van der Waals surface area contributed by atoms with E-state index in [4.69, 9.17) is 25.1 Å². The largest absolute Gasteiger partial charge is 0.492 e. The van der Waals surface area contributed by atoms with Crippen LogP contribution in [0.25, 0.3) is 0 Å². The Hall–Kier alpha value is -2.97. The van der Waals surface area contributed by atoms with Gasteiger partial charge in [-0.3, -0.25) is 4.79 Å². The van der Waals surface area contributed by atoms with E-state index in [2.05, 4.69) is 23.2 Å². The number of carbonyl (C=O) groups excluding carboxylic acids is 1. The van der Waals surface area contributed by atoms with Gasteiger partial charge < -0.3 is 35.3 Å². The van der Waals surface area contributed by atoms with Gasteiger partial charge in [-0.15, -0.1) is 0 Å². The lowest BCUT2D eigenvalue weighted by Crippen LogP contribution is -2.32. The van der Waals surface area contributed by atoms with Crippen LogP contribution in [0.2, 0.25) is 0 Å². The molecule has 2 heterocycles. The number of primary amides is 1. The Balaban J connectivity index is 1.30. The number of nitrogens with one attached hydrogen (secondary N) is 1. The molecular formula is C24H31N3O5. The Labute approximate surface area is 188 Å². The number of hydrogen-bond acceptors (Lipinski definition) is 7. The molecule has 32 heavy (non-hydrogen) atoms. The molecular weight excluding hydrogens is 410 g/mol. The van der Waals surface area contributed by atoms with Crippen LogP contribution < -0.4 is 30.2 Å². The molecule has 0 radical (unpaired) electrons. The molecule has 8 heteroatoms. The van der Waals surface area contributed by atoms with Crippen molar-refractivity contribution in [3.8, 4) is 17.2 Å². The minimum Gasteiger partial charge on any atom is -0.492 e. The second-order valence-electron chi connectivity index (χ2n) is 8.25. The maximum atomic E-state index is 12.1. The molecule has 2 aliphatic rings. The smallest absolute Gasteiger partial charge is 0.250 e. The van der Waals surface area contributed by atoms with E-state index in [0.717, 1.165) is 54.2 Å². The third-order valence-corrected chi connectivity index (χ3v) is 5.82. The van der Waals surface area contributed by atoms with Crippen molar-refractivity contribution in [3.05, 3.63) is 47.0 Å². The lowest BCUT2D eigenvalue weighted by molar-refractivity contribution is 0.100. The maximum Gasteiger partial charge on any atom is 0.250 e. The average Bonchev–Trinajstić information content (AvgIpc) is 3.41. The molecule has 0 bridgehead atoms. The minimum absolute atomic E-state index is 0.136. The molecule has 2 aromatic rings. The fourth-order valence-electron chi connectivity index (χ4n) is 4.35. The zero-order chi connectivity index (χ0) is 22.5. The molecule has 4 rings (SSSR count). The standard InChI is InChI=1S/C24H31N3O5/c1-16(26-6-10-30-19-3-4-21-22(14-19)32-15-31-21)11-17-12-18-5-8-27(7-2-9-28)23(18)20(13-17)24(25)29/h3-4,12-14,16,26,28H,2,5-11,15H2,1H3,(H2,25,29)/t16-/m1/s1. The van der Waals surface area contributed by atoms with Crippen molar-refractivity contribution in [2.24, 2.45) is 5.73 Å². The van der Waals surface area contributed by atoms with E-state index in [1.54, 1.807) is 0 Å². The van der Waals surface area contributed by atoms with Crippen LogP contribution in [0.3, 0.4) is 0 Å². The number of rotatable bonds is 11. The maximum absolute atomic E-state index is 12.1. The summed E-state index contributed by atoms with van der Waals surface area (Å²) in [5.41, 5.74) is 9.47.